The molecule has 0 fully saturated rings. The predicted octanol–water partition coefficient (Wildman–Crippen LogP) is 4.42. The molecule has 0 bridgehead atoms. The monoisotopic (exact) mass is 471 g/mol. The summed E-state index contributed by atoms with van der Waals surface area (Å²) in [6.07, 6.45) is -0.798. The minimum absolute atomic E-state index is 0.0705. The number of anilines is 1. The van der Waals surface area contributed by atoms with Gasteiger partial charge in [0, 0.05) is 10.9 Å². The van der Waals surface area contributed by atoms with Crippen molar-refractivity contribution in [1.29, 1.82) is 0 Å². The van der Waals surface area contributed by atoms with Gasteiger partial charge in [0.15, 0.2) is 6.10 Å². The van der Waals surface area contributed by atoms with Crippen molar-refractivity contribution in [3.8, 4) is 27.8 Å². The molecule has 7 nitrogen and oxygen atoms in total. The number of benzene rings is 3. The van der Waals surface area contributed by atoms with E-state index in [4.69, 9.17) is 15.2 Å². The Morgan fingerprint density at radius 2 is 1.79 bits per heavy atom. The van der Waals surface area contributed by atoms with Gasteiger partial charge in [0.25, 0.3) is 5.91 Å². The lowest BCUT2D eigenvalue weighted by Gasteiger charge is -2.33. The second-order valence-electron chi connectivity index (χ2n) is 7.74. The van der Waals surface area contributed by atoms with Gasteiger partial charge in [-0.1, -0.05) is 42.5 Å². The number of primary amides is 1. The first-order valence-corrected chi connectivity index (χ1v) is 11.6. The molecule has 2 heterocycles. The third-order valence-corrected chi connectivity index (χ3v) is 6.28. The highest BCUT2D eigenvalue weighted by molar-refractivity contribution is 7.13. The number of carbonyl (C=O) groups excluding carboxylic acids is 2. The first-order chi connectivity index (χ1) is 16.6. The normalized spacial score (nSPS) is 14.7. The minimum atomic E-state index is -0.891. The largest absolute Gasteiger partial charge is 0.477 e. The molecular formula is C26H21N3O4S. The van der Waals surface area contributed by atoms with Crippen LogP contribution in [0.15, 0.2) is 84.2 Å². The third kappa shape index (κ3) is 4.62. The Morgan fingerprint density at radius 3 is 2.62 bits per heavy atom. The third-order valence-electron chi connectivity index (χ3n) is 5.34. The van der Waals surface area contributed by atoms with Crippen molar-refractivity contribution in [2.45, 2.75) is 12.5 Å². The quantitative estimate of drug-likeness (QED) is 0.449. The van der Waals surface area contributed by atoms with E-state index in [1.807, 2.05) is 66.0 Å². The zero-order chi connectivity index (χ0) is 23.5. The second kappa shape index (κ2) is 9.36. The van der Waals surface area contributed by atoms with Gasteiger partial charge >= 0.3 is 0 Å². The van der Waals surface area contributed by atoms with Gasteiger partial charge < -0.3 is 20.1 Å². The molecule has 2 N–H and O–H groups in total. The number of nitrogens with zero attached hydrogens (tertiary/aromatic N) is 2. The molecule has 0 unspecified atom stereocenters. The fraction of sp³-hybridized carbons (Fsp3) is 0.115. The number of amides is 2. The van der Waals surface area contributed by atoms with Crippen LogP contribution in [0.3, 0.4) is 0 Å². The Bertz CT molecular complexity index is 1340. The Morgan fingerprint density at radius 1 is 1.03 bits per heavy atom. The molecule has 0 radical (unpaired) electrons. The Labute approximate surface area is 200 Å². The number of thiazole rings is 1. The summed E-state index contributed by atoms with van der Waals surface area (Å²) >= 11 is 1.46. The number of hydrogen-bond acceptors (Lipinski definition) is 6. The molecule has 170 valence electrons. The van der Waals surface area contributed by atoms with Crippen LogP contribution in [0.4, 0.5) is 5.69 Å². The number of fused-ring (bicyclic) bond motifs is 1. The lowest BCUT2D eigenvalue weighted by atomic mass is 10.1. The van der Waals surface area contributed by atoms with Crippen molar-refractivity contribution >= 4 is 28.8 Å². The number of rotatable bonds is 6. The van der Waals surface area contributed by atoms with Crippen LogP contribution in [-0.2, 0) is 16.0 Å². The van der Waals surface area contributed by atoms with E-state index in [1.54, 1.807) is 23.1 Å². The summed E-state index contributed by atoms with van der Waals surface area (Å²) in [5, 5.41) is 2.66. The fourth-order valence-electron chi connectivity index (χ4n) is 3.71. The first-order valence-electron chi connectivity index (χ1n) is 10.7. The number of carbonyl (C=O) groups is 2. The molecule has 5 rings (SSSR count). The van der Waals surface area contributed by atoms with Crippen LogP contribution in [0, 0.1) is 0 Å². The molecule has 1 atom stereocenters. The fourth-order valence-corrected chi connectivity index (χ4v) is 4.52. The highest BCUT2D eigenvalue weighted by Crippen LogP contribution is 2.34. The van der Waals surface area contributed by atoms with E-state index in [2.05, 4.69) is 4.98 Å². The average Bonchev–Trinajstić information content (AvgIpc) is 3.32. The van der Waals surface area contributed by atoms with Gasteiger partial charge in [-0.15, -0.1) is 11.3 Å². The SMILES string of the molecule is NC(=O)[C@H]1CN(C(=O)Cc2csc(-c3cccc(Oc4ccccc4)c3)n2)c2ccccc2O1. The molecule has 0 aliphatic carbocycles. The Hall–Kier alpha value is -4.17. The zero-order valence-corrected chi connectivity index (χ0v) is 18.9. The van der Waals surface area contributed by atoms with Crippen LogP contribution in [0.25, 0.3) is 10.6 Å². The van der Waals surface area contributed by atoms with Crippen LogP contribution in [-0.4, -0.2) is 29.4 Å². The lowest BCUT2D eigenvalue weighted by molar-refractivity contribution is -0.125. The molecule has 34 heavy (non-hydrogen) atoms. The number of ether oxygens (including phenoxy) is 2. The van der Waals surface area contributed by atoms with Gasteiger partial charge in [0.05, 0.1) is 24.3 Å². The molecule has 1 aliphatic rings. The second-order valence-corrected chi connectivity index (χ2v) is 8.60. The highest BCUT2D eigenvalue weighted by atomic mass is 32.1. The lowest BCUT2D eigenvalue weighted by Crippen LogP contribution is -2.49. The van der Waals surface area contributed by atoms with Crippen molar-refractivity contribution in [1.82, 2.24) is 4.98 Å². The van der Waals surface area contributed by atoms with Crippen LogP contribution in [0.5, 0.6) is 17.2 Å². The Kier molecular flexibility index (Phi) is 5.97. The number of para-hydroxylation sites is 3. The standard InChI is InChI=1S/C26H21N3O4S/c27-25(31)23-15-29(21-11-4-5-12-22(21)33-23)24(30)14-18-16-34-26(28-18)17-7-6-10-20(13-17)32-19-8-2-1-3-9-19/h1-13,16,23H,14-15H2,(H2,27,31)/t23-/m1/s1. The summed E-state index contributed by atoms with van der Waals surface area (Å²) in [5.74, 6) is 1.13. The summed E-state index contributed by atoms with van der Waals surface area (Å²) in [7, 11) is 0. The molecule has 0 saturated heterocycles. The van der Waals surface area contributed by atoms with Gasteiger partial charge in [-0.25, -0.2) is 4.98 Å². The van der Waals surface area contributed by atoms with Crippen molar-refractivity contribution in [2.75, 3.05) is 11.4 Å². The maximum absolute atomic E-state index is 13.2. The maximum Gasteiger partial charge on any atom is 0.260 e. The van der Waals surface area contributed by atoms with E-state index in [0.717, 1.165) is 16.3 Å². The van der Waals surface area contributed by atoms with E-state index >= 15 is 0 Å². The van der Waals surface area contributed by atoms with Gasteiger partial charge in [0.1, 0.15) is 22.3 Å². The molecule has 0 saturated carbocycles. The minimum Gasteiger partial charge on any atom is -0.477 e. The van der Waals surface area contributed by atoms with E-state index in [0.29, 0.717) is 22.9 Å². The van der Waals surface area contributed by atoms with Crippen LogP contribution in [0.1, 0.15) is 5.69 Å². The molecule has 0 spiro atoms. The summed E-state index contributed by atoms with van der Waals surface area (Å²) in [4.78, 5) is 31.1. The molecular weight excluding hydrogens is 450 g/mol. The van der Waals surface area contributed by atoms with Gasteiger partial charge in [0.2, 0.25) is 5.91 Å². The molecule has 2 amide bonds. The van der Waals surface area contributed by atoms with Crippen molar-refractivity contribution < 1.29 is 19.1 Å². The summed E-state index contributed by atoms with van der Waals surface area (Å²) in [6.45, 7) is 0.0705. The first kappa shape index (κ1) is 21.7. The molecule has 1 aliphatic heterocycles. The van der Waals surface area contributed by atoms with E-state index in [9.17, 15) is 9.59 Å². The number of aromatic nitrogens is 1. The van der Waals surface area contributed by atoms with Gasteiger partial charge in [-0.2, -0.15) is 0 Å². The molecule has 1 aromatic heterocycles. The number of nitrogens with two attached hydrogens (primary N) is 1. The van der Waals surface area contributed by atoms with Crippen LogP contribution < -0.4 is 20.1 Å². The van der Waals surface area contributed by atoms with Crippen LogP contribution in [0.2, 0.25) is 0 Å². The zero-order valence-electron chi connectivity index (χ0n) is 18.1. The van der Waals surface area contributed by atoms with Crippen molar-refractivity contribution in [2.24, 2.45) is 5.73 Å². The van der Waals surface area contributed by atoms with Crippen molar-refractivity contribution in [3.05, 3.63) is 89.9 Å². The van der Waals surface area contributed by atoms with E-state index in [-0.39, 0.29) is 18.9 Å². The van der Waals surface area contributed by atoms with Gasteiger partial charge in [-0.3, -0.25) is 9.59 Å². The molecule has 4 aromatic rings. The van der Waals surface area contributed by atoms with Gasteiger partial charge in [-0.05, 0) is 36.4 Å². The van der Waals surface area contributed by atoms with Crippen molar-refractivity contribution in [3.63, 3.8) is 0 Å². The predicted molar refractivity (Wildman–Crippen MR) is 130 cm³/mol. The highest BCUT2D eigenvalue weighted by Gasteiger charge is 2.32. The summed E-state index contributed by atoms with van der Waals surface area (Å²) in [6, 6.07) is 24.4. The maximum atomic E-state index is 13.2. The molecule has 3 aromatic carbocycles. The summed E-state index contributed by atoms with van der Waals surface area (Å²) < 4.78 is 11.6. The molecule has 8 heteroatoms. The van der Waals surface area contributed by atoms with E-state index < -0.39 is 12.0 Å². The smallest absolute Gasteiger partial charge is 0.260 e. The summed E-state index contributed by atoms with van der Waals surface area (Å²) in [5.41, 5.74) is 7.62. The number of hydrogen-bond donors (Lipinski definition) is 1. The Balaban J connectivity index is 1.32. The average molecular weight is 472 g/mol. The topological polar surface area (TPSA) is 94.8 Å². The van der Waals surface area contributed by atoms with E-state index in [1.165, 1.54) is 11.3 Å². The van der Waals surface area contributed by atoms with Crippen LogP contribution >= 0.6 is 11.3 Å².